The van der Waals surface area contributed by atoms with E-state index in [4.69, 9.17) is 0 Å². The number of carbonyl (C=O) groups excluding carboxylic acids is 2. The van der Waals surface area contributed by atoms with E-state index in [-0.39, 0.29) is 29.0 Å². The standard InChI is InChI=1S/C35H28N4O6S/c1-36-17-24(16-21-8-12-25(13-9-21)38(42)43)32(40)34(19-36)31(23-10-14-26(15-11-23)39(44)45)29-18-46-20-37(29)35(34)28-7-3-5-22-4-2-6-27(30(22)28)33(35)41/h2-16,29,31H,17-20H2,1H3/b24-16+/t29-,31-,34-,35-/m0/s1. The maximum Gasteiger partial charge on any atom is 0.269 e. The minimum atomic E-state index is -1.31. The molecule has 3 fully saturated rings. The summed E-state index contributed by atoms with van der Waals surface area (Å²) >= 11 is 1.73. The minimum absolute atomic E-state index is 0.0388. The summed E-state index contributed by atoms with van der Waals surface area (Å²) in [4.78, 5) is 57.1. The van der Waals surface area contributed by atoms with E-state index in [9.17, 15) is 20.2 Å². The lowest BCUT2D eigenvalue weighted by atomic mass is 9.55. The average Bonchev–Trinajstić information content (AvgIpc) is 3.68. The lowest BCUT2D eigenvalue weighted by Gasteiger charge is -2.51. The third kappa shape index (κ3) is 3.67. The number of ketones is 2. The zero-order valence-electron chi connectivity index (χ0n) is 24.8. The molecule has 0 unspecified atom stereocenters. The van der Waals surface area contributed by atoms with Crippen LogP contribution in [0.5, 0.6) is 0 Å². The van der Waals surface area contributed by atoms with Gasteiger partial charge in [0.2, 0.25) is 0 Å². The summed E-state index contributed by atoms with van der Waals surface area (Å²) in [6.45, 7) is 0.643. The van der Waals surface area contributed by atoms with Crippen molar-refractivity contribution in [3.63, 3.8) is 0 Å². The van der Waals surface area contributed by atoms with Crippen LogP contribution < -0.4 is 0 Å². The van der Waals surface area contributed by atoms with Crippen molar-refractivity contribution in [2.45, 2.75) is 17.5 Å². The van der Waals surface area contributed by atoms with Crippen LogP contribution in [0.25, 0.3) is 16.8 Å². The van der Waals surface area contributed by atoms with Crippen LogP contribution in [0.3, 0.4) is 0 Å². The molecule has 0 saturated carbocycles. The second kappa shape index (κ2) is 10.1. The van der Waals surface area contributed by atoms with Crippen LogP contribution in [0.15, 0.2) is 90.5 Å². The fourth-order valence-corrected chi connectivity index (χ4v) is 10.1. The summed E-state index contributed by atoms with van der Waals surface area (Å²) < 4.78 is 0. The monoisotopic (exact) mass is 632 g/mol. The van der Waals surface area contributed by atoms with E-state index in [0.717, 1.165) is 21.9 Å². The van der Waals surface area contributed by atoms with E-state index in [1.807, 2.05) is 43.4 Å². The molecule has 0 aromatic heterocycles. The van der Waals surface area contributed by atoms with Gasteiger partial charge in [-0.2, -0.15) is 0 Å². The third-order valence-corrected chi connectivity index (χ3v) is 11.4. The summed E-state index contributed by atoms with van der Waals surface area (Å²) in [5.74, 6) is 0.583. The molecule has 3 heterocycles. The Labute approximate surface area is 268 Å². The highest BCUT2D eigenvalue weighted by molar-refractivity contribution is 7.99. The summed E-state index contributed by atoms with van der Waals surface area (Å²) in [5, 5.41) is 24.7. The van der Waals surface area contributed by atoms with E-state index in [0.29, 0.717) is 41.4 Å². The third-order valence-electron chi connectivity index (χ3n) is 10.3. The lowest BCUT2D eigenvalue weighted by molar-refractivity contribution is -0.385. The van der Waals surface area contributed by atoms with Gasteiger partial charge < -0.3 is 4.90 Å². The number of likely N-dealkylation sites (N-methyl/N-ethyl adjacent to an activating group) is 1. The molecule has 1 aliphatic carbocycles. The molecular weight excluding hydrogens is 604 g/mol. The molecule has 230 valence electrons. The van der Waals surface area contributed by atoms with E-state index in [2.05, 4.69) is 9.80 Å². The summed E-state index contributed by atoms with van der Waals surface area (Å²) in [6.07, 6.45) is 1.79. The van der Waals surface area contributed by atoms with Crippen molar-refractivity contribution in [2.75, 3.05) is 31.8 Å². The van der Waals surface area contributed by atoms with Crippen LogP contribution in [0.1, 0.15) is 33.0 Å². The maximum atomic E-state index is 15.5. The Kier molecular flexibility index (Phi) is 6.34. The summed E-state index contributed by atoms with van der Waals surface area (Å²) in [7, 11) is 1.95. The van der Waals surface area contributed by atoms with Crippen molar-refractivity contribution in [1.29, 1.82) is 0 Å². The molecule has 4 aliphatic rings. The number of nitro groups is 2. The molecule has 0 amide bonds. The van der Waals surface area contributed by atoms with Crippen LogP contribution in [-0.4, -0.2) is 69.0 Å². The highest BCUT2D eigenvalue weighted by Crippen LogP contribution is 2.69. The number of nitrogens with zero attached hydrogens (tertiary/aromatic N) is 4. The number of non-ortho nitro benzene ring substituents is 2. The Morgan fingerprint density at radius 1 is 0.870 bits per heavy atom. The first-order chi connectivity index (χ1) is 22.2. The number of rotatable bonds is 4. The van der Waals surface area contributed by atoms with Gasteiger partial charge in [0, 0.05) is 72.1 Å². The molecule has 3 saturated heterocycles. The van der Waals surface area contributed by atoms with Gasteiger partial charge in [0.15, 0.2) is 11.6 Å². The van der Waals surface area contributed by atoms with Gasteiger partial charge in [0.25, 0.3) is 11.4 Å². The van der Waals surface area contributed by atoms with Gasteiger partial charge in [-0.1, -0.05) is 48.5 Å². The molecule has 3 aliphatic heterocycles. The number of hydrogen-bond donors (Lipinski definition) is 0. The predicted octanol–water partition coefficient (Wildman–Crippen LogP) is 5.80. The molecule has 4 aromatic rings. The number of fused-ring (bicyclic) bond motifs is 4. The molecule has 0 radical (unpaired) electrons. The molecule has 10 nitrogen and oxygen atoms in total. The topological polar surface area (TPSA) is 127 Å². The highest BCUT2D eigenvalue weighted by Gasteiger charge is 2.78. The molecule has 4 atom stereocenters. The summed E-state index contributed by atoms with van der Waals surface area (Å²) in [6, 6.07) is 24.1. The first kappa shape index (κ1) is 28.7. The number of thioether (sulfide) groups is 1. The van der Waals surface area contributed by atoms with Crippen molar-refractivity contribution >= 4 is 51.6 Å². The first-order valence-electron chi connectivity index (χ1n) is 15.0. The van der Waals surface area contributed by atoms with Gasteiger partial charge in [-0.05, 0) is 52.7 Å². The van der Waals surface area contributed by atoms with Gasteiger partial charge in [-0.25, -0.2) is 0 Å². The molecule has 11 heteroatoms. The van der Waals surface area contributed by atoms with E-state index in [1.54, 1.807) is 42.1 Å². The number of nitro benzene ring substituents is 2. The Bertz CT molecular complexity index is 2020. The quantitative estimate of drug-likeness (QED) is 0.156. The van der Waals surface area contributed by atoms with Crippen LogP contribution in [0, 0.1) is 25.6 Å². The number of piperidine rings is 1. The SMILES string of the molecule is CN1C/C(=C\c2ccc([N+](=O)[O-])cc2)C(=O)[C@]2(C1)[C@@H](c1ccc([N+](=O)[O-])cc1)[C@@H]1CSCN1[C@@]21C(=O)c2cccc3cccc1c23. The summed E-state index contributed by atoms with van der Waals surface area (Å²) in [5.41, 5.74) is 0.721. The molecule has 8 rings (SSSR count). The Morgan fingerprint density at radius 3 is 2.20 bits per heavy atom. The smallest absolute Gasteiger partial charge is 0.269 e. The highest BCUT2D eigenvalue weighted by atomic mass is 32.2. The van der Waals surface area contributed by atoms with Crippen molar-refractivity contribution in [3.8, 4) is 0 Å². The maximum absolute atomic E-state index is 15.5. The van der Waals surface area contributed by atoms with Gasteiger partial charge in [-0.3, -0.25) is 34.7 Å². The molecular formula is C35H28N4O6S. The zero-order valence-corrected chi connectivity index (χ0v) is 25.6. The van der Waals surface area contributed by atoms with Gasteiger partial charge in [-0.15, -0.1) is 11.8 Å². The largest absolute Gasteiger partial charge is 0.301 e. The lowest BCUT2D eigenvalue weighted by Crippen LogP contribution is -2.65. The number of Topliss-reactive ketones (excluding diaryl/α,β-unsaturated/α-hetero) is 2. The van der Waals surface area contributed by atoms with Gasteiger partial charge >= 0.3 is 0 Å². The Hall–Kier alpha value is -4.71. The first-order valence-corrected chi connectivity index (χ1v) is 16.2. The van der Waals surface area contributed by atoms with E-state index < -0.39 is 26.7 Å². The Morgan fingerprint density at radius 2 is 1.52 bits per heavy atom. The Balaban J connectivity index is 1.41. The fraction of sp³-hybridized carbons (Fsp3) is 0.257. The zero-order chi connectivity index (χ0) is 32.0. The van der Waals surface area contributed by atoms with E-state index >= 15 is 9.59 Å². The van der Waals surface area contributed by atoms with Crippen molar-refractivity contribution in [1.82, 2.24) is 9.80 Å². The molecule has 46 heavy (non-hydrogen) atoms. The van der Waals surface area contributed by atoms with E-state index in [1.165, 1.54) is 24.3 Å². The number of hydrogen-bond acceptors (Lipinski definition) is 9. The molecule has 4 aromatic carbocycles. The fourth-order valence-electron chi connectivity index (χ4n) is 8.80. The van der Waals surface area contributed by atoms with Crippen molar-refractivity contribution in [2.24, 2.45) is 5.41 Å². The van der Waals surface area contributed by atoms with Crippen LogP contribution in [0.2, 0.25) is 0 Å². The number of benzene rings is 4. The van der Waals surface area contributed by atoms with Gasteiger partial charge in [0.05, 0.1) is 15.3 Å². The number of likely N-dealkylation sites (tertiary alicyclic amines) is 1. The predicted molar refractivity (Wildman–Crippen MR) is 175 cm³/mol. The molecule has 2 spiro atoms. The van der Waals surface area contributed by atoms with Crippen LogP contribution in [0.4, 0.5) is 11.4 Å². The van der Waals surface area contributed by atoms with Crippen LogP contribution >= 0.6 is 11.8 Å². The molecule has 0 N–H and O–H groups in total. The second-order valence-electron chi connectivity index (χ2n) is 12.6. The average molecular weight is 633 g/mol. The van der Waals surface area contributed by atoms with Crippen molar-refractivity contribution in [3.05, 3.63) is 133 Å². The van der Waals surface area contributed by atoms with Crippen molar-refractivity contribution < 1.29 is 19.4 Å². The van der Waals surface area contributed by atoms with Gasteiger partial charge in [0.1, 0.15) is 5.54 Å². The minimum Gasteiger partial charge on any atom is -0.301 e. The second-order valence-corrected chi connectivity index (χ2v) is 13.6. The normalized spacial score (nSPS) is 28.2. The molecule has 0 bridgehead atoms. The number of carbonyl (C=O) groups is 2. The van der Waals surface area contributed by atoms with Crippen LogP contribution in [-0.2, 0) is 10.3 Å².